The molecule has 4 nitrogen and oxygen atoms in total. The van der Waals surface area contributed by atoms with Gasteiger partial charge in [0.25, 0.3) is 0 Å². The van der Waals surface area contributed by atoms with Crippen LogP contribution in [-0.4, -0.2) is 40.6 Å². The Bertz CT molecular complexity index is 393. The first-order valence-corrected chi connectivity index (χ1v) is 8.19. The van der Waals surface area contributed by atoms with Crippen molar-refractivity contribution < 1.29 is 0 Å². The zero-order valence-corrected chi connectivity index (χ0v) is 13.4. The number of aryl methyl sites for hydroxylation is 2. The maximum absolute atomic E-state index is 4.61. The number of unbranched alkanes of at least 4 members (excludes halogenated alkanes) is 1. The van der Waals surface area contributed by atoms with Crippen molar-refractivity contribution in [2.75, 3.05) is 31.5 Å². The molecule has 1 unspecified atom stereocenters. The summed E-state index contributed by atoms with van der Waals surface area (Å²) in [5.41, 5.74) is 1.11. The lowest BCUT2D eigenvalue weighted by molar-refractivity contribution is 0.294. The van der Waals surface area contributed by atoms with E-state index in [0.29, 0.717) is 5.92 Å². The summed E-state index contributed by atoms with van der Waals surface area (Å²) in [5, 5.41) is 3.54. The second-order valence-electron chi connectivity index (χ2n) is 6.25. The van der Waals surface area contributed by atoms with Gasteiger partial charge in [-0.25, -0.2) is 4.98 Å². The molecule has 1 aromatic heterocycles. The molecular weight excluding hydrogens is 248 g/mol. The number of rotatable bonds is 8. The van der Waals surface area contributed by atoms with Crippen LogP contribution in [0.1, 0.15) is 45.2 Å². The lowest BCUT2D eigenvalue weighted by Crippen LogP contribution is -2.29. The van der Waals surface area contributed by atoms with Crippen LogP contribution in [0.4, 0.5) is 5.95 Å². The zero-order valence-electron chi connectivity index (χ0n) is 13.4. The average molecular weight is 278 g/mol. The van der Waals surface area contributed by atoms with Crippen molar-refractivity contribution in [1.82, 2.24) is 14.5 Å². The summed E-state index contributed by atoms with van der Waals surface area (Å²) in [6.45, 7) is 12.5. The third-order valence-electron chi connectivity index (χ3n) is 4.03. The van der Waals surface area contributed by atoms with Gasteiger partial charge < -0.3 is 14.8 Å². The minimum atomic E-state index is 0.671. The molecule has 1 aromatic rings. The van der Waals surface area contributed by atoms with Crippen molar-refractivity contribution >= 4 is 5.95 Å². The van der Waals surface area contributed by atoms with E-state index in [1.807, 2.05) is 0 Å². The summed E-state index contributed by atoms with van der Waals surface area (Å²) in [4.78, 5) is 7.19. The van der Waals surface area contributed by atoms with Crippen molar-refractivity contribution in [3.05, 3.63) is 11.9 Å². The molecule has 1 saturated heterocycles. The third-order valence-corrected chi connectivity index (χ3v) is 4.03. The fourth-order valence-corrected chi connectivity index (χ4v) is 2.92. The van der Waals surface area contributed by atoms with Gasteiger partial charge in [-0.05, 0) is 45.2 Å². The van der Waals surface area contributed by atoms with Gasteiger partial charge >= 0.3 is 0 Å². The molecule has 1 atom stereocenters. The van der Waals surface area contributed by atoms with Crippen LogP contribution in [0.2, 0.25) is 0 Å². The van der Waals surface area contributed by atoms with Crippen LogP contribution in [0.3, 0.4) is 0 Å². The lowest BCUT2D eigenvalue weighted by Gasteiger charge is -2.20. The van der Waals surface area contributed by atoms with Gasteiger partial charge in [0.15, 0.2) is 0 Å². The number of hydrogen-bond donors (Lipinski definition) is 1. The molecule has 114 valence electrons. The third kappa shape index (κ3) is 4.51. The summed E-state index contributed by atoms with van der Waals surface area (Å²) >= 11 is 0. The van der Waals surface area contributed by atoms with Gasteiger partial charge in [-0.1, -0.05) is 20.3 Å². The summed E-state index contributed by atoms with van der Waals surface area (Å²) < 4.78 is 2.27. The van der Waals surface area contributed by atoms with Gasteiger partial charge in [-0.3, -0.25) is 0 Å². The van der Waals surface area contributed by atoms with E-state index in [9.17, 15) is 0 Å². The Kier molecular flexibility index (Phi) is 5.89. The van der Waals surface area contributed by atoms with Crippen molar-refractivity contribution in [3.63, 3.8) is 0 Å². The molecule has 1 aliphatic rings. The first-order valence-electron chi connectivity index (χ1n) is 8.19. The Labute approximate surface area is 123 Å². The van der Waals surface area contributed by atoms with Gasteiger partial charge in [0, 0.05) is 25.8 Å². The first kappa shape index (κ1) is 15.4. The molecule has 20 heavy (non-hydrogen) atoms. The number of likely N-dealkylation sites (tertiary alicyclic amines) is 1. The van der Waals surface area contributed by atoms with Crippen molar-refractivity contribution in [3.8, 4) is 0 Å². The summed E-state index contributed by atoms with van der Waals surface area (Å²) in [6, 6.07) is 0. The van der Waals surface area contributed by atoms with E-state index in [-0.39, 0.29) is 0 Å². The molecule has 0 aromatic carbocycles. The minimum absolute atomic E-state index is 0.671. The summed E-state index contributed by atoms with van der Waals surface area (Å²) in [6.07, 6.45) is 7.35. The average Bonchev–Trinajstić information content (AvgIpc) is 3.03. The highest BCUT2D eigenvalue weighted by Crippen LogP contribution is 2.13. The van der Waals surface area contributed by atoms with Crippen LogP contribution in [-0.2, 0) is 6.54 Å². The minimum Gasteiger partial charge on any atom is -0.355 e. The van der Waals surface area contributed by atoms with E-state index in [1.54, 1.807) is 0 Å². The second-order valence-corrected chi connectivity index (χ2v) is 6.25. The molecule has 0 saturated carbocycles. The summed E-state index contributed by atoms with van der Waals surface area (Å²) in [5.74, 6) is 1.72. The molecule has 0 radical (unpaired) electrons. The first-order chi connectivity index (χ1) is 9.69. The number of hydrogen-bond acceptors (Lipinski definition) is 3. The highest BCUT2D eigenvalue weighted by atomic mass is 15.2. The van der Waals surface area contributed by atoms with E-state index in [1.165, 1.54) is 45.3 Å². The maximum atomic E-state index is 4.61. The molecule has 2 heterocycles. The number of anilines is 1. The number of nitrogens with one attached hydrogen (secondary N) is 1. The van der Waals surface area contributed by atoms with E-state index in [0.717, 1.165) is 24.7 Å². The van der Waals surface area contributed by atoms with Gasteiger partial charge in [0.05, 0.1) is 5.69 Å². The topological polar surface area (TPSA) is 33.1 Å². The maximum Gasteiger partial charge on any atom is 0.203 e. The van der Waals surface area contributed by atoms with Crippen LogP contribution in [0.5, 0.6) is 0 Å². The highest BCUT2D eigenvalue weighted by molar-refractivity contribution is 5.28. The quantitative estimate of drug-likeness (QED) is 0.793. The molecule has 0 bridgehead atoms. The van der Waals surface area contributed by atoms with Gasteiger partial charge in [-0.2, -0.15) is 0 Å². The SMILES string of the molecule is CCCCn1cc(C)nc1NCC(C)CN1CCCC1. The van der Waals surface area contributed by atoms with E-state index >= 15 is 0 Å². The number of imidazole rings is 1. The second kappa shape index (κ2) is 7.67. The summed E-state index contributed by atoms with van der Waals surface area (Å²) in [7, 11) is 0. The monoisotopic (exact) mass is 278 g/mol. The fraction of sp³-hybridized carbons (Fsp3) is 0.812. The van der Waals surface area contributed by atoms with Gasteiger partial charge in [0.1, 0.15) is 0 Å². The molecule has 0 amide bonds. The standard InChI is InChI=1S/C16H30N4/c1-4-5-10-20-13-15(3)18-16(20)17-11-14(2)12-19-8-6-7-9-19/h13-14H,4-12H2,1-3H3,(H,17,18). The predicted octanol–water partition coefficient (Wildman–Crippen LogP) is 3.14. The molecule has 4 heteroatoms. The molecule has 0 spiro atoms. The van der Waals surface area contributed by atoms with E-state index in [4.69, 9.17) is 0 Å². The molecule has 1 N–H and O–H groups in total. The number of aromatic nitrogens is 2. The Morgan fingerprint density at radius 1 is 1.35 bits per heavy atom. The Balaban J connectivity index is 1.79. The molecule has 2 rings (SSSR count). The van der Waals surface area contributed by atoms with Crippen LogP contribution in [0, 0.1) is 12.8 Å². The molecular formula is C16H30N4. The molecule has 0 aliphatic carbocycles. The van der Waals surface area contributed by atoms with Gasteiger partial charge in [-0.15, -0.1) is 0 Å². The Hall–Kier alpha value is -1.03. The Morgan fingerprint density at radius 3 is 2.80 bits per heavy atom. The normalized spacial score (nSPS) is 17.6. The van der Waals surface area contributed by atoms with Gasteiger partial charge in [0.2, 0.25) is 5.95 Å². The van der Waals surface area contributed by atoms with Crippen LogP contribution in [0.15, 0.2) is 6.20 Å². The predicted molar refractivity (Wildman–Crippen MR) is 85.2 cm³/mol. The van der Waals surface area contributed by atoms with Crippen LogP contribution in [0.25, 0.3) is 0 Å². The van der Waals surface area contributed by atoms with E-state index in [2.05, 4.69) is 46.7 Å². The molecule has 1 fully saturated rings. The van der Waals surface area contributed by atoms with Crippen LogP contribution < -0.4 is 5.32 Å². The smallest absolute Gasteiger partial charge is 0.203 e. The molecule has 1 aliphatic heterocycles. The van der Waals surface area contributed by atoms with E-state index < -0.39 is 0 Å². The number of nitrogens with zero attached hydrogens (tertiary/aromatic N) is 3. The Morgan fingerprint density at radius 2 is 2.10 bits per heavy atom. The van der Waals surface area contributed by atoms with Crippen molar-refractivity contribution in [1.29, 1.82) is 0 Å². The fourth-order valence-electron chi connectivity index (χ4n) is 2.92. The largest absolute Gasteiger partial charge is 0.355 e. The van der Waals surface area contributed by atoms with Crippen molar-refractivity contribution in [2.24, 2.45) is 5.92 Å². The lowest BCUT2D eigenvalue weighted by atomic mass is 10.1. The van der Waals surface area contributed by atoms with Crippen LogP contribution >= 0.6 is 0 Å². The highest BCUT2D eigenvalue weighted by Gasteiger charge is 2.15. The van der Waals surface area contributed by atoms with Crippen molar-refractivity contribution in [2.45, 2.75) is 53.0 Å². The zero-order chi connectivity index (χ0) is 14.4.